The van der Waals surface area contributed by atoms with Gasteiger partial charge in [0.2, 0.25) is 10.0 Å². The van der Waals surface area contributed by atoms with Crippen LogP contribution in [0.25, 0.3) is 0 Å². The topological polar surface area (TPSA) is 88.2 Å². The molecule has 2 aliphatic heterocycles. The van der Waals surface area contributed by atoms with Gasteiger partial charge in [-0.2, -0.15) is 0 Å². The lowest BCUT2D eigenvalue weighted by Gasteiger charge is -2.22. The Morgan fingerprint density at radius 2 is 1.91 bits per heavy atom. The van der Waals surface area contributed by atoms with Crippen LogP contribution in [0, 0.1) is 0 Å². The van der Waals surface area contributed by atoms with Crippen molar-refractivity contribution in [1.29, 1.82) is 0 Å². The second kappa shape index (κ2) is 9.46. The third-order valence-electron chi connectivity index (χ3n) is 6.14. The normalized spacial score (nSPS) is 16.9. The summed E-state index contributed by atoms with van der Waals surface area (Å²) in [5.74, 6) is 1.10. The third-order valence-corrected chi connectivity index (χ3v) is 7.95. The highest BCUT2D eigenvalue weighted by Gasteiger charge is 2.32. The summed E-state index contributed by atoms with van der Waals surface area (Å²) in [6.45, 7) is 6.31. The Bertz CT molecular complexity index is 1170. The second-order valence-electron chi connectivity index (χ2n) is 9.55. The predicted octanol–water partition coefficient (Wildman–Crippen LogP) is 3.06. The van der Waals surface area contributed by atoms with E-state index in [2.05, 4.69) is 10.2 Å². The molecule has 1 fully saturated rings. The van der Waals surface area contributed by atoms with E-state index in [1.165, 1.54) is 20.2 Å². The molecule has 0 unspecified atom stereocenters. The molecule has 2 heterocycles. The van der Waals surface area contributed by atoms with E-state index in [0.29, 0.717) is 11.3 Å². The van der Waals surface area contributed by atoms with Crippen molar-refractivity contribution in [2.75, 3.05) is 45.2 Å². The Kier molecular flexibility index (Phi) is 6.78. The third kappa shape index (κ3) is 5.00. The number of hydrogen-bond donors (Lipinski definition) is 1. The fraction of sp³-hybridized carbons (Fsp3) is 0.480. The highest BCUT2D eigenvalue weighted by Crippen LogP contribution is 2.41. The number of carbonyl (C=O) groups excluding carboxylic acids is 1. The van der Waals surface area contributed by atoms with E-state index in [0.717, 1.165) is 53.7 Å². The average molecular weight is 488 g/mol. The maximum absolute atomic E-state index is 13.1. The number of anilines is 1. The lowest BCUT2D eigenvalue weighted by molar-refractivity contribution is 0.0946. The number of ether oxygens (including phenoxy) is 2. The molecule has 2 aromatic rings. The van der Waals surface area contributed by atoms with Crippen LogP contribution in [0.2, 0.25) is 0 Å². The number of benzene rings is 2. The van der Waals surface area contributed by atoms with Gasteiger partial charge in [-0.05, 0) is 51.0 Å². The number of nitrogens with zero attached hydrogens (tertiary/aromatic N) is 2. The number of carbonyl (C=O) groups is 1. The fourth-order valence-corrected chi connectivity index (χ4v) is 5.35. The number of rotatable bonds is 8. The van der Waals surface area contributed by atoms with Crippen molar-refractivity contribution in [1.82, 2.24) is 9.62 Å². The summed E-state index contributed by atoms with van der Waals surface area (Å²) in [6.07, 6.45) is 2.92. The number of sulfonamides is 1. The summed E-state index contributed by atoms with van der Waals surface area (Å²) in [5, 5.41) is 2.89. The van der Waals surface area contributed by atoms with Gasteiger partial charge in [0, 0.05) is 44.9 Å². The van der Waals surface area contributed by atoms with Crippen molar-refractivity contribution < 1.29 is 22.7 Å². The zero-order chi connectivity index (χ0) is 24.5. The molecule has 1 saturated heterocycles. The lowest BCUT2D eigenvalue weighted by Crippen LogP contribution is -2.31. The van der Waals surface area contributed by atoms with E-state index in [-0.39, 0.29) is 29.6 Å². The minimum absolute atomic E-state index is 0.0986. The average Bonchev–Trinajstić information content (AvgIpc) is 3.42. The van der Waals surface area contributed by atoms with Gasteiger partial charge < -0.3 is 19.7 Å². The van der Waals surface area contributed by atoms with Gasteiger partial charge >= 0.3 is 0 Å². The monoisotopic (exact) mass is 487 g/mol. The summed E-state index contributed by atoms with van der Waals surface area (Å²) >= 11 is 0. The molecular weight excluding hydrogens is 454 g/mol. The van der Waals surface area contributed by atoms with Crippen molar-refractivity contribution >= 4 is 21.6 Å². The summed E-state index contributed by atoms with van der Waals surface area (Å²) in [5.41, 5.74) is 1.96. The summed E-state index contributed by atoms with van der Waals surface area (Å²) in [6, 6.07) is 10.6. The zero-order valence-electron chi connectivity index (χ0n) is 20.3. The van der Waals surface area contributed by atoms with Gasteiger partial charge in [0.05, 0.1) is 17.0 Å². The molecule has 0 aromatic heterocycles. The lowest BCUT2D eigenvalue weighted by atomic mass is 10.0. The minimum Gasteiger partial charge on any atom is -0.488 e. The van der Waals surface area contributed by atoms with E-state index < -0.39 is 10.0 Å². The molecule has 9 heteroatoms. The Morgan fingerprint density at radius 1 is 1.18 bits per heavy atom. The van der Waals surface area contributed by atoms with E-state index in [4.69, 9.17) is 9.47 Å². The van der Waals surface area contributed by atoms with Gasteiger partial charge in [0.1, 0.15) is 12.2 Å². The maximum atomic E-state index is 13.1. The molecule has 1 amide bonds. The first-order valence-corrected chi connectivity index (χ1v) is 13.1. The molecule has 0 bridgehead atoms. The second-order valence-corrected chi connectivity index (χ2v) is 11.7. The maximum Gasteiger partial charge on any atom is 0.253 e. The van der Waals surface area contributed by atoms with Crippen molar-refractivity contribution in [3.05, 3.63) is 47.5 Å². The van der Waals surface area contributed by atoms with E-state index in [1.807, 2.05) is 32.0 Å². The smallest absolute Gasteiger partial charge is 0.253 e. The molecule has 0 atom stereocenters. The Balaban J connectivity index is 1.46. The first-order chi connectivity index (χ1) is 16.1. The van der Waals surface area contributed by atoms with Crippen LogP contribution in [0.5, 0.6) is 11.5 Å². The molecule has 0 aliphatic carbocycles. The molecule has 8 nitrogen and oxygen atoms in total. The van der Waals surface area contributed by atoms with Crippen molar-refractivity contribution in [3.63, 3.8) is 0 Å². The van der Waals surface area contributed by atoms with Crippen molar-refractivity contribution in [3.8, 4) is 11.5 Å². The molecule has 184 valence electrons. The molecule has 34 heavy (non-hydrogen) atoms. The zero-order valence-corrected chi connectivity index (χ0v) is 21.1. The van der Waals surface area contributed by atoms with E-state index in [9.17, 15) is 13.2 Å². The summed E-state index contributed by atoms with van der Waals surface area (Å²) in [4.78, 5) is 15.4. The number of hydrogen-bond acceptors (Lipinski definition) is 6. The quantitative estimate of drug-likeness (QED) is 0.576. The van der Waals surface area contributed by atoms with Crippen LogP contribution in [0.3, 0.4) is 0 Å². The van der Waals surface area contributed by atoms with Crippen LogP contribution < -0.4 is 19.7 Å². The largest absolute Gasteiger partial charge is 0.488 e. The molecule has 0 radical (unpaired) electrons. The number of para-hydroxylation sites is 1. The number of amides is 1. The fourth-order valence-electron chi connectivity index (χ4n) is 4.42. The predicted molar refractivity (Wildman–Crippen MR) is 131 cm³/mol. The van der Waals surface area contributed by atoms with Gasteiger partial charge in [-0.3, -0.25) is 4.79 Å². The Hall–Kier alpha value is -2.78. The van der Waals surface area contributed by atoms with E-state index >= 15 is 0 Å². The first kappa shape index (κ1) is 24.3. The Morgan fingerprint density at radius 3 is 2.62 bits per heavy atom. The molecular formula is C25H33N3O5S. The van der Waals surface area contributed by atoms with Crippen LogP contribution >= 0.6 is 0 Å². The summed E-state index contributed by atoms with van der Waals surface area (Å²) in [7, 11) is -0.697. The van der Waals surface area contributed by atoms with Crippen LogP contribution in [-0.4, -0.2) is 64.6 Å². The van der Waals surface area contributed by atoms with Gasteiger partial charge in [0.25, 0.3) is 5.91 Å². The standard InChI is InChI=1S/C25H33N3O5S/c1-25(2)17-18-8-7-9-22(23(18)33-25)32-15-12-26-24(29)20-16-19(34(30,31)27(3)4)10-11-21(20)28-13-5-6-14-28/h7-11,16H,5-6,12-15,17H2,1-4H3,(H,26,29). The molecule has 2 aliphatic rings. The van der Waals surface area contributed by atoms with Crippen LogP contribution in [-0.2, 0) is 16.4 Å². The molecule has 2 aromatic carbocycles. The SMILES string of the molecule is CN(C)S(=O)(=O)c1ccc(N2CCCC2)c(C(=O)NCCOc2cccc3c2OC(C)(C)C3)c1. The summed E-state index contributed by atoms with van der Waals surface area (Å²) < 4.78 is 38.4. The minimum atomic E-state index is -3.65. The van der Waals surface area contributed by atoms with Gasteiger partial charge in [-0.1, -0.05) is 12.1 Å². The van der Waals surface area contributed by atoms with Crippen LogP contribution in [0.1, 0.15) is 42.6 Å². The molecule has 1 N–H and O–H groups in total. The van der Waals surface area contributed by atoms with Gasteiger partial charge in [-0.15, -0.1) is 0 Å². The Labute approximate surface area is 201 Å². The molecule has 0 spiro atoms. The van der Waals surface area contributed by atoms with Crippen molar-refractivity contribution in [2.45, 2.75) is 43.6 Å². The van der Waals surface area contributed by atoms with Crippen molar-refractivity contribution in [2.24, 2.45) is 0 Å². The molecule has 4 rings (SSSR count). The van der Waals surface area contributed by atoms with Gasteiger partial charge in [0.15, 0.2) is 11.5 Å². The van der Waals surface area contributed by atoms with Crippen LogP contribution in [0.15, 0.2) is 41.3 Å². The molecule has 0 saturated carbocycles. The highest BCUT2D eigenvalue weighted by atomic mass is 32.2. The first-order valence-electron chi connectivity index (χ1n) is 11.6. The van der Waals surface area contributed by atoms with Crippen LogP contribution in [0.4, 0.5) is 5.69 Å². The van der Waals surface area contributed by atoms with Gasteiger partial charge in [-0.25, -0.2) is 12.7 Å². The number of nitrogens with one attached hydrogen (secondary N) is 1. The highest BCUT2D eigenvalue weighted by molar-refractivity contribution is 7.89. The van der Waals surface area contributed by atoms with E-state index in [1.54, 1.807) is 12.1 Å². The number of fused-ring (bicyclic) bond motifs is 1.